The Bertz CT molecular complexity index is 696. The fourth-order valence-corrected chi connectivity index (χ4v) is 5.63. The Balaban J connectivity index is 1.98. The molecule has 0 radical (unpaired) electrons. The number of carboxylic acids is 4. The Hall–Kier alpha value is -2.20. The zero-order valence-corrected chi connectivity index (χ0v) is 19.7. The largest absolute Gasteiger partial charge is 0.481 e. The van der Waals surface area contributed by atoms with E-state index < -0.39 is 71.0 Å². The maximum absolute atomic E-state index is 11.6. The molecule has 33 heavy (non-hydrogen) atoms. The summed E-state index contributed by atoms with van der Waals surface area (Å²) in [5.74, 6) is -8.33. The molecule has 6 unspecified atom stereocenters. The van der Waals surface area contributed by atoms with Gasteiger partial charge in [0.1, 0.15) is 0 Å². The first-order valence-electron chi connectivity index (χ1n) is 11.4. The van der Waals surface area contributed by atoms with Crippen molar-refractivity contribution in [2.24, 2.45) is 23.7 Å². The standard InChI is InChI=1S/C23H36O10/c1-22(2,32-12-5-7-14(18(24)25)16(9-12)20(28)29)11-23(3,4)33-13-6-8-15(19(26)27)17(10-13)21(30)31/h12-17H,5-11H2,1-4H3,(H,24,25)(H,26,27)(H,28,29)(H,30,31). The van der Waals surface area contributed by atoms with Gasteiger partial charge in [0, 0.05) is 6.42 Å². The van der Waals surface area contributed by atoms with Gasteiger partial charge in [0.2, 0.25) is 0 Å². The van der Waals surface area contributed by atoms with Crippen molar-refractivity contribution in [2.75, 3.05) is 0 Å². The molecule has 10 heteroatoms. The van der Waals surface area contributed by atoms with Crippen molar-refractivity contribution in [2.45, 2.75) is 96.1 Å². The summed E-state index contributed by atoms with van der Waals surface area (Å²) >= 11 is 0. The van der Waals surface area contributed by atoms with E-state index in [-0.39, 0.29) is 25.7 Å². The molecule has 0 aromatic heterocycles. The van der Waals surface area contributed by atoms with Gasteiger partial charge in [0.15, 0.2) is 0 Å². The van der Waals surface area contributed by atoms with Crippen LogP contribution in [0.5, 0.6) is 0 Å². The second-order valence-corrected chi connectivity index (χ2v) is 10.6. The minimum Gasteiger partial charge on any atom is -0.481 e. The maximum Gasteiger partial charge on any atom is 0.307 e. The maximum atomic E-state index is 11.6. The van der Waals surface area contributed by atoms with Crippen molar-refractivity contribution >= 4 is 23.9 Å². The van der Waals surface area contributed by atoms with Gasteiger partial charge in [-0.2, -0.15) is 0 Å². The second-order valence-electron chi connectivity index (χ2n) is 10.6. The van der Waals surface area contributed by atoms with Crippen LogP contribution in [0.2, 0.25) is 0 Å². The van der Waals surface area contributed by atoms with Crippen LogP contribution in [-0.2, 0) is 28.7 Å². The van der Waals surface area contributed by atoms with Crippen molar-refractivity contribution in [3.8, 4) is 0 Å². The van der Waals surface area contributed by atoms with Gasteiger partial charge in [-0.05, 0) is 66.2 Å². The molecule has 0 spiro atoms. The SMILES string of the molecule is CC(C)(CC(C)(C)OC1CCC(C(=O)O)C(C(=O)O)C1)OC1CCC(C(=O)O)C(C(=O)O)C1. The van der Waals surface area contributed by atoms with Gasteiger partial charge in [-0.3, -0.25) is 19.2 Å². The number of hydrogen-bond acceptors (Lipinski definition) is 6. The number of aliphatic carboxylic acids is 4. The first-order valence-corrected chi connectivity index (χ1v) is 11.4. The Morgan fingerprint density at radius 1 is 0.606 bits per heavy atom. The molecule has 0 heterocycles. The van der Waals surface area contributed by atoms with Crippen LogP contribution in [0.4, 0.5) is 0 Å². The van der Waals surface area contributed by atoms with Gasteiger partial charge >= 0.3 is 23.9 Å². The van der Waals surface area contributed by atoms with Gasteiger partial charge in [0.05, 0.1) is 47.1 Å². The fraction of sp³-hybridized carbons (Fsp3) is 0.826. The average molecular weight is 473 g/mol. The molecule has 6 atom stereocenters. The Morgan fingerprint density at radius 3 is 1.18 bits per heavy atom. The zero-order valence-electron chi connectivity index (χ0n) is 19.7. The summed E-state index contributed by atoms with van der Waals surface area (Å²) in [6, 6.07) is 0. The van der Waals surface area contributed by atoms with Crippen LogP contribution < -0.4 is 0 Å². The van der Waals surface area contributed by atoms with E-state index in [1.807, 2.05) is 27.7 Å². The van der Waals surface area contributed by atoms with Gasteiger partial charge in [-0.15, -0.1) is 0 Å². The summed E-state index contributed by atoms with van der Waals surface area (Å²) in [6.07, 6.45) is 1.24. The first-order chi connectivity index (χ1) is 15.1. The van der Waals surface area contributed by atoms with Gasteiger partial charge in [-0.25, -0.2) is 0 Å². The highest BCUT2D eigenvalue weighted by atomic mass is 16.5. The predicted octanol–water partition coefficient (Wildman–Crippen LogP) is 2.88. The lowest BCUT2D eigenvalue weighted by Gasteiger charge is -2.42. The summed E-state index contributed by atoms with van der Waals surface area (Å²) < 4.78 is 12.4. The normalized spacial score (nSPS) is 31.0. The fourth-order valence-electron chi connectivity index (χ4n) is 5.63. The molecular formula is C23H36O10. The third-order valence-electron chi connectivity index (χ3n) is 6.70. The molecule has 2 rings (SSSR count). The van der Waals surface area contributed by atoms with E-state index in [1.54, 1.807) is 0 Å². The monoisotopic (exact) mass is 472 g/mol. The van der Waals surface area contributed by atoms with Crippen molar-refractivity contribution in [3.63, 3.8) is 0 Å². The number of carboxylic acid groups (broad SMARTS) is 4. The smallest absolute Gasteiger partial charge is 0.307 e. The highest BCUT2D eigenvalue weighted by molar-refractivity contribution is 5.80. The molecule has 188 valence electrons. The van der Waals surface area contributed by atoms with Crippen LogP contribution in [0, 0.1) is 23.7 Å². The molecular weight excluding hydrogens is 436 g/mol. The number of ether oxygens (including phenoxy) is 2. The van der Waals surface area contributed by atoms with Crippen molar-refractivity contribution < 1.29 is 49.1 Å². The van der Waals surface area contributed by atoms with Crippen LogP contribution in [0.1, 0.15) is 72.6 Å². The number of hydrogen-bond donors (Lipinski definition) is 4. The quantitative estimate of drug-likeness (QED) is 0.371. The summed E-state index contributed by atoms with van der Waals surface area (Å²) in [5, 5.41) is 37.5. The molecule has 10 nitrogen and oxygen atoms in total. The highest BCUT2D eigenvalue weighted by Gasteiger charge is 2.44. The lowest BCUT2D eigenvalue weighted by molar-refractivity contribution is -0.177. The number of carbonyl (C=O) groups is 4. The van der Waals surface area contributed by atoms with E-state index in [0.29, 0.717) is 19.3 Å². The predicted molar refractivity (Wildman–Crippen MR) is 115 cm³/mol. The highest BCUT2D eigenvalue weighted by Crippen LogP contribution is 2.39. The average Bonchev–Trinajstić information content (AvgIpc) is 2.65. The van der Waals surface area contributed by atoms with Gasteiger partial charge in [0.25, 0.3) is 0 Å². The second kappa shape index (κ2) is 10.4. The zero-order chi connectivity index (χ0) is 25.1. The van der Waals surface area contributed by atoms with E-state index >= 15 is 0 Å². The summed E-state index contributed by atoms with van der Waals surface area (Å²) in [4.78, 5) is 45.8. The van der Waals surface area contributed by atoms with Crippen LogP contribution in [0.3, 0.4) is 0 Å². The lowest BCUT2D eigenvalue weighted by Crippen LogP contribution is -2.46. The van der Waals surface area contributed by atoms with E-state index in [9.17, 15) is 39.6 Å². The van der Waals surface area contributed by atoms with Crippen LogP contribution in [0.25, 0.3) is 0 Å². The molecule has 2 saturated carbocycles. The summed E-state index contributed by atoms with van der Waals surface area (Å²) in [6.45, 7) is 7.44. The number of rotatable bonds is 10. The molecule has 0 bridgehead atoms. The van der Waals surface area contributed by atoms with E-state index in [1.165, 1.54) is 0 Å². The minimum absolute atomic E-state index is 0.122. The summed E-state index contributed by atoms with van der Waals surface area (Å²) in [5.41, 5.74) is -1.42. The molecule has 0 aliphatic heterocycles. The van der Waals surface area contributed by atoms with Gasteiger partial charge < -0.3 is 29.9 Å². The Kier molecular flexibility index (Phi) is 8.51. The van der Waals surface area contributed by atoms with Gasteiger partial charge in [-0.1, -0.05) is 0 Å². The molecule has 0 saturated heterocycles. The molecule has 2 fully saturated rings. The van der Waals surface area contributed by atoms with Crippen LogP contribution >= 0.6 is 0 Å². The third-order valence-corrected chi connectivity index (χ3v) is 6.70. The molecule has 2 aliphatic rings. The molecule has 4 N–H and O–H groups in total. The van der Waals surface area contributed by atoms with Crippen molar-refractivity contribution in [1.29, 1.82) is 0 Å². The Morgan fingerprint density at radius 2 is 0.909 bits per heavy atom. The Labute approximate surface area is 193 Å². The van der Waals surface area contributed by atoms with Crippen LogP contribution in [-0.4, -0.2) is 67.7 Å². The molecule has 0 aromatic rings. The topological polar surface area (TPSA) is 168 Å². The first kappa shape index (κ1) is 27.0. The lowest BCUT2D eigenvalue weighted by atomic mass is 9.77. The molecule has 0 amide bonds. The molecule has 2 aliphatic carbocycles. The van der Waals surface area contributed by atoms with E-state index in [4.69, 9.17) is 9.47 Å². The van der Waals surface area contributed by atoms with Crippen molar-refractivity contribution in [1.82, 2.24) is 0 Å². The minimum atomic E-state index is -1.14. The van der Waals surface area contributed by atoms with E-state index in [2.05, 4.69) is 0 Å². The van der Waals surface area contributed by atoms with E-state index in [0.717, 1.165) is 0 Å². The molecule has 0 aromatic carbocycles. The van der Waals surface area contributed by atoms with Crippen LogP contribution in [0.15, 0.2) is 0 Å². The summed E-state index contributed by atoms with van der Waals surface area (Å²) in [7, 11) is 0. The third kappa shape index (κ3) is 7.40. The van der Waals surface area contributed by atoms with Crippen molar-refractivity contribution in [3.05, 3.63) is 0 Å².